The van der Waals surface area contributed by atoms with Gasteiger partial charge in [-0.1, -0.05) is 6.92 Å². The Hall–Kier alpha value is -0.120. The van der Waals surface area contributed by atoms with Crippen molar-refractivity contribution < 1.29 is 4.74 Å². The smallest absolute Gasteiger partial charge is 0.0823 e. The lowest BCUT2D eigenvalue weighted by Crippen LogP contribution is -2.39. The van der Waals surface area contributed by atoms with Gasteiger partial charge >= 0.3 is 0 Å². The Kier molecular flexibility index (Phi) is 5.45. The molecule has 0 aromatic rings. The van der Waals surface area contributed by atoms with Crippen LogP contribution >= 0.6 is 0 Å². The van der Waals surface area contributed by atoms with Crippen molar-refractivity contribution in [2.24, 2.45) is 5.73 Å². The van der Waals surface area contributed by atoms with Gasteiger partial charge in [0.2, 0.25) is 0 Å². The summed E-state index contributed by atoms with van der Waals surface area (Å²) in [6, 6.07) is 0.824. The molecule has 0 bridgehead atoms. The highest BCUT2D eigenvalue weighted by Crippen LogP contribution is 2.27. The van der Waals surface area contributed by atoms with E-state index in [1.54, 1.807) is 0 Å². The van der Waals surface area contributed by atoms with Crippen LogP contribution in [0.15, 0.2) is 0 Å². The predicted molar refractivity (Wildman–Crippen MR) is 59.4 cm³/mol. The topological polar surface area (TPSA) is 38.5 Å². The molecule has 1 aliphatic carbocycles. The number of hydrogen-bond donors (Lipinski definition) is 1. The van der Waals surface area contributed by atoms with Gasteiger partial charge in [-0.25, -0.2) is 0 Å². The molecule has 1 atom stereocenters. The van der Waals surface area contributed by atoms with E-state index in [0.717, 1.165) is 19.2 Å². The second-order valence-electron chi connectivity index (χ2n) is 4.04. The molecule has 0 radical (unpaired) electrons. The summed E-state index contributed by atoms with van der Waals surface area (Å²) in [6.07, 6.45) is 4.18. The van der Waals surface area contributed by atoms with Gasteiger partial charge in [-0.3, -0.25) is 4.90 Å². The largest absolute Gasteiger partial charge is 0.376 e. The van der Waals surface area contributed by atoms with Crippen molar-refractivity contribution >= 4 is 0 Å². The molecule has 1 aliphatic rings. The highest BCUT2D eigenvalue weighted by molar-refractivity contribution is 4.85. The number of nitrogens with zero attached hydrogens (tertiary/aromatic N) is 1. The number of ether oxygens (including phenoxy) is 1. The molecular formula is C11H24N2O. The normalized spacial score (nSPS) is 18.9. The summed E-state index contributed by atoms with van der Waals surface area (Å²) in [5, 5.41) is 0. The number of hydrogen-bond acceptors (Lipinski definition) is 3. The van der Waals surface area contributed by atoms with Crippen molar-refractivity contribution in [1.29, 1.82) is 0 Å². The molecule has 14 heavy (non-hydrogen) atoms. The summed E-state index contributed by atoms with van der Waals surface area (Å²) < 4.78 is 5.58. The minimum atomic E-state index is 0.229. The number of nitrogens with two attached hydrogens (primary N) is 1. The third-order valence-electron chi connectivity index (χ3n) is 2.68. The van der Waals surface area contributed by atoms with Crippen LogP contribution in [0.3, 0.4) is 0 Å². The zero-order chi connectivity index (χ0) is 10.4. The van der Waals surface area contributed by atoms with E-state index in [1.807, 2.05) is 6.92 Å². The van der Waals surface area contributed by atoms with E-state index >= 15 is 0 Å². The summed E-state index contributed by atoms with van der Waals surface area (Å²) in [6.45, 7) is 7.88. The molecule has 2 N–H and O–H groups in total. The standard InChI is InChI=1S/C11H24N2O/c1-3-7-13(10-5-6-10)9-11(8-12)14-4-2/h10-11H,3-9,12H2,1-2H3. The summed E-state index contributed by atoms with van der Waals surface area (Å²) in [5.41, 5.74) is 5.67. The van der Waals surface area contributed by atoms with Crippen LogP contribution in [0.4, 0.5) is 0 Å². The Labute approximate surface area is 87.6 Å². The van der Waals surface area contributed by atoms with Gasteiger partial charge in [-0.15, -0.1) is 0 Å². The molecule has 0 aromatic carbocycles. The Balaban J connectivity index is 2.27. The first-order valence-electron chi connectivity index (χ1n) is 5.87. The maximum absolute atomic E-state index is 5.67. The van der Waals surface area contributed by atoms with E-state index in [0.29, 0.717) is 6.54 Å². The van der Waals surface area contributed by atoms with Crippen LogP contribution < -0.4 is 5.73 Å². The van der Waals surface area contributed by atoms with E-state index in [1.165, 1.54) is 25.8 Å². The molecule has 1 saturated carbocycles. The molecule has 0 aromatic heterocycles. The van der Waals surface area contributed by atoms with Gasteiger partial charge in [-0.2, -0.15) is 0 Å². The molecule has 1 fully saturated rings. The van der Waals surface area contributed by atoms with Gasteiger partial charge in [0.25, 0.3) is 0 Å². The first kappa shape index (κ1) is 12.0. The minimum Gasteiger partial charge on any atom is -0.376 e. The molecule has 1 unspecified atom stereocenters. The third kappa shape index (κ3) is 3.95. The van der Waals surface area contributed by atoms with E-state index in [9.17, 15) is 0 Å². The molecule has 3 heteroatoms. The van der Waals surface area contributed by atoms with Gasteiger partial charge in [0.15, 0.2) is 0 Å². The van der Waals surface area contributed by atoms with Gasteiger partial charge in [0, 0.05) is 25.7 Å². The lowest BCUT2D eigenvalue weighted by Gasteiger charge is -2.26. The van der Waals surface area contributed by atoms with Crippen molar-refractivity contribution in [2.45, 2.75) is 45.3 Å². The monoisotopic (exact) mass is 200 g/mol. The van der Waals surface area contributed by atoms with E-state index in [-0.39, 0.29) is 6.10 Å². The van der Waals surface area contributed by atoms with Crippen LogP contribution in [0, 0.1) is 0 Å². The Morgan fingerprint density at radius 1 is 1.43 bits per heavy atom. The van der Waals surface area contributed by atoms with Crippen LogP contribution in [0.25, 0.3) is 0 Å². The quantitative estimate of drug-likeness (QED) is 0.640. The van der Waals surface area contributed by atoms with E-state index in [2.05, 4.69) is 11.8 Å². The first-order chi connectivity index (χ1) is 6.81. The molecule has 1 rings (SSSR count). The molecule has 0 amide bonds. The van der Waals surface area contributed by atoms with Gasteiger partial charge in [-0.05, 0) is 32.7 Å². The van der Waals surface area contributed by atoms with E-state index < -0.39 is 0 Å². The lowest BCUT2D eigenvalue weighted by atomic mass is 10.3. The second-order valence-corrected chi connectivity index (χ2v) is 4.04. The summed E-state index contributed by atoms with van der Waals surface area (Å²) >= 11 is 0. The molecule has 0 aliphatic heterocycles. The van der Waals surface area contributed by atoms with Crippen LogP contribution in [0.1, 0.15) is 33.1 Å². The Morgan fingerprint density at radius 3 is 2.57 bits per heavy atom. The van der Waals surface area contributed by atoms with Crippen LogP contribution in [-0.2, 0) is 4.74 Å². The SMILES string of the molecule is CCCN(CC(CN)OCC)C1CC1. The molecule has 0 heterocycles. The third-order valence-corrected chi connectivity index (χ3v) is 2.68. The maximum Gasteiger partial charge on any atom is 0.0823 e. The fourth-order valence-corrected chi connectivity index (χ4v) is 1.84. The Morgan fingerprint density at radius 2 is 2.14 bits per heavy atom. The van der Waals surface area contributed by atoms with Crippen LogP contribution in [0.5, 0.6) is 0 Å². The first-order valence-corrected chi connectivity index (χ1v) is 5.87. The zero-order valence-corrected chi connectivity index (χ0v) is 9.54. The van der Waals surface area contributed by atoms with Crippen molar-refractivity contribution in [1.82, 2.24) is 4.90 Å². The van der Waals surface area contributed by atoms with Crippen LogP contribution in [0.2, 0.25) is 0 Å². The fourth-order valence-electron chi connectivity index (χ4n) is 1.84. The number of rotatable bonds is 8. The Bertz CT molecular complexity index is 148. The molecule has 84 valence electrons. The van der Waals surface area contributed by atoms with Crippen molar-refractivity contribution in [3.8, 4) is 0 Å². The predicted octanol–water partition coefficient (Wildman–Crippen LogP) is 1.22. The lowest BCUT2D eigenvalue weighted by molar-refractivity contribution is 0.0370. The van der Waals surface area contributed by atoms with Gasteiger partial charge in [0.1, 0.15) is 0 Å². The summed E-state index contributed by atoms with van der Waals surface area (Å²) in [4.78, 5) is 2.53. The highest BCUT2D eigenvalue weighted by atomic mass is 16.5. The molecule has 0 saturated heterocycles. The zero-order valence-electron chi connectivity index (χ0n) is 9.54. The van der Waals surface area contributed by atoms with Gasteiger partial charge in [0.05, 0.1) is 6.10 Å². The maximum atomic E-state index is 5.67. The fraction of sp³-hybridized carbons (Fsp3) is 1.00. The average molecular weight is 200 g/mol. The minimum absolute atomic E-state index is 0.229. The molecule has 0 spiro atoms. The average Bonchev–Trinajstić information content (AvgIpc) is 2.99. The van der Waals surface area contributed by atoms with Crippen molar-refractivity contribution in [2.75, 3.05) is 26.2 Å². The van der Waals surface area contributed by atoms with Crippen LogP contribution in [-0.4, -0.2) is 43.3 Å². The highest BCUT2D eigenvalue weighted by Gasteiger charge is 2.29. The van der Waals surface area contributed by atoms with Crippen molar-refractivity contribution in [3.05, 3.63) is 0 Å². The second kappa shape index (κ2) is 6.38. The molecular weight excluding hydrogens is 176 g/mol. The van der Waals surface area contributed by atoms with Gasteiger partial charge < -0.3 is 10.5 Å². The summed E-state index contributed by atoms with van der Waals surface area (Å²) in [5.74, 6) is 0. The van der Waals surface area contributed by atoms with Crippen molar-refractivity contribution in [3.63, 3.8) is 0 Å². The molecule has 3 nitrogen and oxygen atoms in total. The van der Waals surface area contributed by atoms with E-state index in [4.69, 9.17) is 10.5 Å². The summed E-state index contributed by atoms with van der Waals surface area (Å²) in [7, 11) is 0.